The summed E-state index contributed by atoms with van der Waals surface area (Å²) in [7, 11) is -0.945. The van der Waals surface area contributed by atoms with Crippen molar-refractivity contribution in [1.82, 2.24) is 0 Å². The molecule has 0 amide bonds. The molecule has 0 N–H and O–H groups in total. The minimum Gasteiger partial charge on any atom is -0.460 e. The summed E-state index contributed by atoms with van der Waals surface area (Å²) in [5.41, 5.74) is -0.456. The maximum Gasteiger partial charge on any atom is 0.307 e. The Hall–Kier alpha value is -0.380. The Labute approximate surface area is 101 Å². The molecule has 16 heavy (non-hydrogen) atoms. The number of ether oxygens (including phenoxy) is 1. The molecule has 0 aliphatic heterocycles. The lowest BCUT2D eigenvalue weighted by Gasteiger charge is -2.20. The molecular weight excluding hydrogens is 224 g/mol. The summed E-state index contributed by atoms with van der Waals surface area (Å²) in [6.45, 7) is 11.5. The van der Waals surface area contributed by atoms with Crippen molar-refractivity contribution in [3.8, 4) is 0 Å². The predicted molar refractivity (Wildman–Crippen MR) is 67.8 cm³/mol. The van der Waals surface area contributed by atoms with E-state index >= 15 is 0 Å². The predicted octanol–water partition coefficient (Wildman–Crippen LogP) is 2.51. The summed E-state index contributed by atoms with van der Waals surface area (Å²) < 4.78 is 16.9. The Morgan fingerprint density at radius 3 is 2.12 bits per heavy atom. The number of carbonyl (C=O) groups excluding carboxylic acids is 1. The summed E-state index contributed by atoms with van der Waals surface area (Å²) in [5.74, 6) is 0.505. The van der Waals surface area contributed by atoms with Crippen LogP contribution in [0.2, 0.25) is 0 Å². The van der Waals surface area contributed by atoms with Gasteiger partial charge in [-0.25, -0.2) is 0 Å². The molecule has 0 rings (SSSR count). The van der Waals surface area contributed by atoms with Crippen molar-refractivity contribution in [3.63, 3.8) is 0 Å². The zero-order valence-electron chi connectivity index (χ0n) is 11.2. The average molecular weight is 248 g/mol. The monoisotopic (exact) mass is 248 g/mol. The Kier molecular flexibility index (Phi) is 6.23. The number of hydrogen-bond donors (Lipinski definition) is 0. The average Bonchev–Trinajstić information content (AvgIpc) is 2.09. The number of rotatable bonds is 5. The molecule has 0 spiro atoms. The summed E-state index contributed by atoms with van der Waals surface area (Å²) in [4.78, 5) is 11.4. The first-order chi connectivity index (χ1) is 7.13. The smallest absolute Gasteiger partial charge is 0.307 e. The zero-order valence-corrected chi connectivity index (χ0v) is 12.0. The van der Waals surface area contributed by atoms with Gasteiger partial charge in [-0.15, -0.1) is 0 Å². The van der Waals surface area contributed by atoms with Crippen LogP contribution in [0.1, 0.15) is 48.0 Å². The molecule has 0 aliphatic rings. The first kappa shape index (κ1) is 15.6. The van der Waals surface area contributed by atoms with Crippen molar-refractivity contribution in [3.05, 3.63) is 0 Å². The zero-order chi connectivity index (χ0) is 12.9. The minimum atomic E-state index is -0.945. The van der Waals surface area contributed by atoms with Gasteiger partial charge < -0.3 is 4.74 Å². The van der Waals surface area contributed by atoms with Crippen LogP contribution in [0.4, 0.5) is 0 Å². The Morgan fingerprint density at radius 1 is 1.25 bits per heavy atom. The molecule has 0 radical (unpaired) electrons. The second kappa shape index (κ2) is 6.38. The van der Waals surface area contributed by atoms with Gasteiger partial charge in [0, 0.05) is 21.8 Å². The first-order valence-electron chi connectivity index (χ1n) is 5.72. The highest BCUT2D eigenvalue weighted by molar-refractivity contribution is 7.85. The van der Waals surface area contributed by atoms with Gasteiger partial charge in [-0.05, 0) is 26.7 Å². The third-order valence-corrected chi connectivity index (χ3v) is 4.26. The molecule has 0 aromatic rings. The quantitative estimate of drug-likeness (QED) is 0.702. The molecule has 0 heterocycles. The van der Waals surface area contributed by atoms with E-state index in [-0.39, 0.29) is 17.6 Å². The molecule has 0 bridgehead atoms. The van der Waals surface area contributed by atoms with Gasteiger partial charge in [-0.2, -0.15) is 0 Å². The maximum atomic E-state index is 11.8. The molecule has 0 saturated heterocycles. The fourth-order valence-corrected chi connectivity index (χ4v) is 2.41. The van der Waals surface area contributed by atoms with E-state index < -0.39 is 16.4 Å². The molecular formula is C12H24O3S. The van der Waals surface area contributed by atoms with Crippen LogP contribution in [0.3, 0.4) is 0 Å². The van der Waals surface area contributed by atoms with E-state index in [1.54, 1.807) is 0 Å². The molecule has 2 atom stereocenters. The van der Waals surface area contributed by atoms with Gasteiger partial charge in [0.25, 0.3) is 0 Å². The molecule has 0 aromatic carbocycles. The lowest BCUT2D eigenvalue weighted by atomic mass is 10.2. The van der Waals surface area contributed by atoms with Crippen molar-refractivity contribution >= 4 is 16.8 Å². The number of hydrogen-bond acceptors (Lipinski definition) is 3. The highest BCUT2D eigenvalue weighted by Crippen LogP contribution is 2.12. The first-order valence-corrected chi connectivity index (χ1v) is 7.10. The van der Waals surface area contributed by atoms with E-state index in [9.17, 15) is 9.00 Å². The van der Waals surface area contributed by atoms with Gasteiger partial charge in [0.15, 0.2) is 0 Å². The van der Waals surface area contributed by atoms with Crippen LogP contribution in [0.25, 0.3) is 0 Å². The van der Waals surface area contributed by atoms with E-state index in [0.29, 0.717) is 11.7 Å². The highest BCUT2D eigenvalue weighted by atomic mass is 32.2. The third kappa shape index (κ3) is 6.99. The standard InChI is InChI=1S/C12H24O3S/c1-9(2)10(3)16(14)8-7-11(13)15-12(4,5)6/h9-10H,7-8H2,1-6H3. The summed E-state index contributed by atoms with van der Waals surface area (Å²) in [5, 5.41) is 0.127. The van der Waals surface area contributed by atoms with Crippen molar-refractivity contribution in [2.45, 2.75) is 58.8 Å². The SMILES string of the molecule is CC(C)C(C)S(=O)CCC(=O)OC(C)(C)C. The van der Waals surface area contributed by atoms with Gasteiger partial charge >= 0.3 is 5.97 Å². The summed E-state index contributed by atoms with van der Waals surface area (Å²) in [6.07, 6.45) is 0.237. The van der Waals surface area contributed by atoms with Crippen molar-refractivity contribution < 1.29 is 13.7 Å². The fourth-order valence-electron chi connectivity index (χ4n) is 1.07. The normalized spacial score (nSPS) is 15.9. The van der Waals surface area contributed by atoms with Crippen molar-refractivity contribution in [2.75, 3.05) is 5.75 Å². The number of carbonyl (C=O) groups is 1. The van der Waals surface area contributed by atoms with Crippen LogP contribution in [0, 0.1) is 5.92 Å². The largest absolute Gasteiger partial charge is 0.460 e. The van der Waals surface area contributed by atoms with Crippen molar-refractivity contribution in [2.24, 2.45) is 5.92 Å². The van der Waals surface area contributed by atoms with Crippen molar-refractivity contribution in [1.29, 1.82) is 0 Å². The van der Waals surface area contributed by atoms with Crippen LogP contribution in [-0.2, 0) is 20.3 Å². The topological polar surface area (TPSA) is 43.4 Å². The van der Waals surface area contributed by atoms with E-state index in [1.807, 2.05) is 41.5 Å². The van der Waals surface area contributed by atoms with E-state index in [0.717, 1.165) is 0 Å². The maximum absolute atomic E-state index is 11.8. The lowest BCUT2D eigenvalue weighted by Crippen LogP contribution is -2.26. The van der Waals surface area contributed by atoms with Crippen LogP contribution in [0.15, 0.2) is 0 Å². The Bertz CT molecular complexity index is 253. The fraction of sp³-hybridized carbons (Fsp3) is 0.917. The molecule has 2 unspecified atom stereocenters. The van der Waals surface area contributed by atoms with Gasteiger partial charge in [-0.1, -0.05) is 20.8 Å². The Morgan fingerprint density at radius 2 is 1.75 bits per heavy atom. The van der Waals surface area contributed by atoms with Crippen LogP contribution in [-0.4, -0.2) is 26.8 Å². The minimum absolute atomic E-state index is 0.127. The van der Waals surface area contributed by atoms with Gasteiger partial charge in [0.1, 0.15) is 5.60 Å². The highest BCUT2D eigenvalue weighted by Gasteiger charge is 2.19. The molecule has 0 aliphatic carbocycles. The van der Waals surface area contributed by atoms with Crippen LogP contribution >= 0.6 is 0 Å². The Balaban J connectivity index is 3.98. The van der Waals surface area contributed by atoms with E-state index in [2.05, 4.69) is 0 Å². The molecule has 0 saturated carbocycles. The van der Waals surface area contributed by atoms with E-state index in [1.165, 1.54) is 0 Å². The second-order valence-corrected chi connectivity index (χ2v) is 7.28. The van der Waals surface area contributed by atoms with E-state index in [4.69, 9.17) is 4.74 Å². The molecule has 0 aromatic heterocycles. The molecule has 3 nitrogen and oxygen atoms in total. The summed E-state index contributed by atoms with van der Waals surface area (Å²) >= 11 is 0. The third-order valence-electron chi connectivity index (χ3n) is 2.28. The van der Waals surface area contributed by atoms with Gasteiger partial charge in [0.05, 0.1) is 6.42 Å². The lowest BCUT2D eigenvalue weighted by molar-refractivity contribution is -0.154. The number of esters is 1. The molecule has 4 heteroatoms. The van der Waals surface area contributed by atoms with Gasteiger partial charge in [0.2, 0.25) is 0 Å². The molecule has 96 valence electrons. The van der Waals surface area contributed by atoms with Crippen LogP contribution in [0.5, 0.6) is 0 Å². The molecule has 0 fully saturated rings. The second-order valence-electron chi connectivity index (χ2n) is 5.37. The van der Waals surface area contributed by atoms with Crippen LogP contribution < -0.4 is 0 Å². The summed E-state index contributed by atoms with van der Waals surface area (Å²) in [6, 6.07) is 0. The van der Waals surface area contributed by atoms with Gasteiger partial charge in [-0.3, -0.25) is 9.00 Å².